The van der Waals surface area contributed by atoms with Crippen LogP contribution in [0.25, 0.3) is 142 Å². The van der Waals surface area contributed by atoms with Gasteiger partial charge >= 0.3 is 0 Å². The summed E-state index contributed by atoms with van der Waals surface area (Å²) in [5.41, 5.74) is 16.7. The molecule has 0 fully saturated rings. The summed E-state index contributed by atoms with van der Waals surface area (Å²) in [6.45, 7) is 4.82. The van der Waals surface area contributed by atoms with Gasteiger partial charge in [0.25, 0.3) is 0 Å². The van der Waals surface area contributed by atoms with E-state index in [0.717, 1.165) is 32.6 Å². The second-order valence-corrected chi connectivity index (χ2v) is 20.0. The van der Waals surface area contributed by atoms with Gasteiger partial charge in [0.2, 0.25) is 0 Å². The molecule has 1 aliphatic carbocycles. The number of pyridine rings is 2. The average Bonchev–Trinajstić information content (AvgIpc) is 3.65. The monoisotopic (exact) mass is 900 g/mol. The van der Waals surface area contributed by atoms with Gasteiger partial charge in [-0.1, -0.05) is 196 Å². The van der Waals surface area contributed by atoms with Crippen LogP contribution in [0.4, 0.5) is 0 Å². The van der Waals surface area contributed by atoms with Gasteiger partial charge in [-0.3, -0.25) is 9.97 Å². The first-order valence-corrected chi connectivity index (χ1v) is 24.7. The molecule has 0 aliphatic heterocycles. The Morgan fingerprint density at radius 3 is 1.06 bits per heavy atom. The summed E-state index contributed by atoms with van der Waals surface area (Å²) in [6.07, 6.45) is 4.25. The maximum atomic E-state index is 5.15. The van der Waals surface area contributed by atoms with Crippen molar-refractivity contribution in [3.63, 3.8) is 0 Å². The molecule has 14 aromatic rings. The van der Waals surface area contributed by atoms with Crippen LogP contribution in [0.1, 0.15) is 25.0 Å². The van der Waals surface area contributed by atoms with E-state index in [1.807, 2.05) is 0 Å². The number of benzene rings is 12. The zero-order valence-corrected chi connectivity index (χ0v) is 39.3. The molecule has 0 spiro atoms. The summed E-state index contributed by atoms with van der Waals surface area (Å²) >= 11 is 0. The maximum Gasteiger partial charge on any atom is 0.0708 e. The van der Waals surface area contributed by atoms with Gasteiger partial charge in [-0.15, -0.1) is 0 Å². The molecule has 2 aromatic heterocycles. The molecule has 0 saturated heterocycles. The van der Waals surface area contributed by atoms with Crippen LogP contribution in [0.15, 0.2) is 231 Å². The molecule has 12 aromatic carbocycles. The van der Waals surface area contributed by atoms with Crippen LogP contribution >= 0.6 is 0 Å². The first kappa shape index (κ1) is 40.0. The Kier molecular flexibility index (Phi) is 8.45. The number of hydrogen-bond acceptors (Lipinski definition) is 2. The van der Waals surface area contributed by atoms with Gasteiger partial charge in [-0.25, -0.2) is 0 Å². The second-order valence-electron chi connectivity index (χ2n) is 20.0. The Morgan fingerprint density at radius 2 is 0.620 bits per heavy atom. The molecule has 71 heavy (non-hydrogen) atoms. The largest absolute Gasteiger partial charge is 0.256 e. The standard InChI is InChI=1S/C69H44N2/c1-69(2)59-37-47(63-51-19-7-9-21-53(51)65(45-29-27-41-15-3-5-17-43(41)35-45)67-55-23-11-13-25-61(55)70-39-57(63)67)31-33-49(59)50-34-32-48(38-60(50)69)64-52-20-8-10-22-54(52)66(46-30-28-42-16-4-6-18-44(42)36-46)68-56-24-12-14-26-62(56)71-40-58(64)68/h3-40H,1-2H3. The van der Waals surface area contributed by atoms with Gasteiger partial charge in [-0.05, 0) is 146 Å². The van der Waals surface area contributed by atoms with E-state index in [1.54, 1.807) is 0 Å². The lowest BCUT2D eigenvalue weighted by Crippen LogP contribution is -2.15. The Bertz CT molecular complexity index is 4320. The normalized spacial score (nSPS) is 13.0. The van der Waals surface area contributed by atoms with Crippen LogP contribution in [-0.4, -0.2) is 9.97 Å². The fraction of sp³-hybridized carbons (Fsp3) is 0.0435. The highest BCUT2D eigenvalue weighted by atomic mass is 14.7. The zero-order chi connectivity index (χ0) is 47.0. The molecule has 0 saturated carbocycles. The summed E-state index contributed by atoms with van der Waals surface area (Å²) < 4.78 is 0. The molecule has 1 aliphatic rings. The smallest absolute Gasteiger partial charge is 0.0708 e. The van der Waals surface area contributed by atoms with Crippen LogP contribution in [0.2, 0.25) is 0 Å². The minimum atomic E-state index is -0.292. The number of fused-ring (bicyclic) bond motifs is 13. The number of nitrogens with zero attached hydrogens (tertiary/aromatic N) is 2. The fourth-order valence-corrected chi connectivity index (χ4v) is 12.6. The molecule has 15 rings (SSSR count). The van der Waals surface area contributed by atoms with Crippen molar-refractivity contribution in [1.82, 2.24) is 9.97 Å². The molecule has 330 valence electrons. The van der Waals surface area contributed by atoms with Crippen molar-refractivity contribution in [2.24, 2.45) is 0 Å². The van der Waals surface area contributed by atoms with E-state index in [-0.39, 0.29) is 5.41 Å². The van der Waals surface area contributed by atoms with Gasteiger partial charge in [-0.2, -0.15) is 0 Å². The summed E-state index contributed by atoms with van der Waals surface area (Å²) in [6, 6.07) is 80.8. The molecule has 0 unspecified atom stereocenters. The molecule has 0 atom stereocenters. The quantitative estimate of drug-likeness (QED) is 0.130. The third-order valence-electron chi connectivity index (χ3n) is 15.9. The highest BCUT2D eigenvalue weighted by molar-refractivity contribution is 6.29. The van der Waals surface area contributed by atoms with Crippen molar-refractivity contribution in [1.29, 1.82) is 0 Å². The number of para-hydroxylation sites is 2. The Labute approximate surface area is 411 Å². The van der Waals surface area contributed by atoms with Crippen LogP contribution in [-0.2, 0) is 5.41 Å². The van der Waals surface area contributed by atoms with Gasteiger partial charge < -0.3 is 0 Å². The molecular formula is C69H44N2. The second kappa shape index (κ2) is 15.0. The van der Waals surface area contributed by atoms with E-state index in [9.17, 15) is 0 Å². The maximum absolute atomic E-state index is 5.15. The Hall–Kier alpha value is -8.98. The van der Waals surface area contributed by atoms with E-state index < -0.39 is 0 Å². The fourth-order valence-electron chi connectivity index (χ4n) is 12.6. The average molecular weight is 901 g/mol. The van der Waals surface area contributed by atoms with Crippen molar-refractivity contribution < 1.29 is 0 Å². The minimum absolute atomic E-state index is 0.292. The molecule has 0 radical (unpaired) electrons. The van der Waals surface area contributed by atoms with E-state index in [4.69, 9.17) is 9.97 Å². The molecule has 2 heteroatoms. The van der Waals surface area contributed by atoms with E-state index in [0.29, 0.717) is 0 Å². The lowest BCUT2D eigenvalue weighted by atomic mass is 9.79. The lowest BCUT2D eigenvalue weighted by Gasteiger charge is -2.24. The van der Waals surface area contributed by atoms with Crippen LogP contribution in [0, 0.1) is 0 Å². The van der Waals surface area contributed by atoms with Crippen LogP contribution in [0.3, 0.4) is 0 Å². The highest BCUT2D eigenvalue weighted by Crippen LogP contribution is 2.54. The SMILES string of the molecule is CC1(C)c2cc(-c3c4ccccc4c(-c4ccc5ccccc5c4)c4c3cnc3ccccc34)ccc2-c2ccc(-c3c4ccccc4c(-c4ccc5ccccc5c4)c4c3cnc3ccccc34)cc21. The van der Waals surface area contributed by atoms with E-state index in [2.05, 4.69) is 245 Å². The van der Waals surface area contributed by atoms with Crippen molar-refractivity contribution in [2.75, 3.05) is 0 Å². The lowest BCUT2D eigenvalue weighted by molar-refractivity contribution is 0.661. The number of hydrogen-bond donors (Lipinski definition) is 0. The summed E-state index contributed by atoms with van der Waals surface area (Å²) in [4.78, 5) is 10.3. The van der Waals surface area contributed by atoms with Gasteiger partial charge in [0.1, 0.15) is 0 Å². The van der Waals surface area contributed by atoms with Gasteiger partial charge in [0.15, 0.2) is 0 Å². The van der Waals surface area contributed by atoms with Crippen LogP contribution < -0.4 is 0 Å². The highest BCUT2D eigenvalue weighted by Gasteiger charge is 2.37. The molecule has 0 N–H and O–H groups in total. The van der Waals surface area contributed by atoms with Crippen molar-refractivity contribution in [3.05, 3.63) is 242 Å². The van der Waals surface area contributed by atoms with E-state index in [1.165, 1.54) is 121 Å². The third kappa shape index (κ3) is 5.83. The summed E-state index contributed by atoms with van der Waals surface area (Å²) in [5.74, 6) is 0. The molecule has 2 heterocycles. The first-order chi connectivity index (χ1) is 35.0. The summed E-state index contributed by atoms with van der Waals surface area (Å²) in [7, 11) is 0. The summed E-state index contributed by atoms with van der Waals surface area (Å²) in [5, 5.41) is 17.0. The number of aromatic nitrogens is 2. The van der Waals surface area contributed by atoms with Crippen LogP contribution in [0.5, 0.6) is 0 Å². The minimum Gasteiger partial charge on any atom is -0.256 e. The Morgan fingerprint density at radius 1 is 0.282 bits per heavy atom. The van der Waals surface area contributed by atoms with Crippen molar-refractivity contribution in [3.8, 4) is 55.6 Å². The topological polar surface area (TPSA) is 25.8 Å². The molecule has 0 amide bonds. The molecule has 2 nitrogen and oxygen atoms in total. The predicted octanol–water partition coefficient (Wildman–Crippen LogP) is 18.7. The van der Waals surface area contributed by atoms with Crippen molar-refractivity contribution >= 4 is 86.4 Å². The molecular weight excluding hydrogens is 857 g/mol. The van der Waals surface area contributed by atoms with Gasteiger partial charge in [0.05, 0.1) is 11.0 Å². The third-order valence-corrected chi connectivity index (χ3v) is 15.9. The van der Waals surface area contributed by atoms with Gasteiger partial charge in [0, 0.05) is 50.1 Å². The first-order valence-electron chi connectivity index (χ1n) is 24.7. The zero-order valence-electron chi connectivity index (χ0n) is 39.3. The van der Waals surface area contributed by atoms with E-state index >= 15 is 0 Å². The number of rotatable bonds is 4. The van der Waals surface area contributed by atoms with Crippen molar-refractivity contribution in [2.45, 2.75) is 19.3 Å². The Balaban J connectivity index is 0.935. The predicted molar refractivity (Wildman–Crippen MR) is 301 cm³/mol. The molecule has 0 bridgehead atoms.